The van der Waals surface area contributed by atoms with Crippen molar-refractivity contribution in [3.8, 4) is 5.75 Å². The third-order valence-electron chi connectivity index (χ3n) is 5.31. The Kier molecular flexibility index (Phi) is 7.85. The van der Waals surface area contributed by atoms with Crippen molar-refractivity contribution >= 4 is 5.91 Å². The van der Waals surface area contributed by atoms with Crippen molar-refractivity contribution in [3.63, 3.8) is 0 Å². The maximum Gasteiger partial charge on any atom is 0.252 e. The monoisotopic (exact) mass is 381 g/mol. The molecule has 0 radical (unpaired) electrons. The smallest absolute Gasteiger partial charge is 0.252 e. The number of para-hydroxylation sites is 1. The summed E-state index contributed by atoms with van der Waals surface area (Å²) in [5.41, 5.74) is 1.92. The zero-order valence-electron chi connectivity index (χ0n) is 16.8. The first kappa shape index (κ1) is 20.3. The van der Waals surface area contributed by atoms with E-state index >= 15 is 0 Å². The second-order valence-corrected chi connectivity index (χ2v) is 7.45. The van der Waals surface area contributed by atoms with Gasteiger partial charge < -0.3 is 15.0 Å². The van der Waals surface area contributed by atoms with Gasteiger partial charge in [-0.1, -0.05) is 31.5 Å². The van der Waals surface area contributed by atoms with Crippen LogP contribution in [-0.4, -0.2) is 48.6 Å². The van der Waals surface area contributed by atoms with E-state index in [0.29, 0.717) is 18.0 Å². The Bertz CT molecular complexity index is 728. The van der Waals surface area contributed by atoms with Gasteiger partial charge in [-0.2, -0.15) is 0 Å². The van der Waals surface area contributed by atoms with Gasteiger partial charge >= 0.3 is 0 Å². The topological polar surface area (TPSA) is 54.5 Å². The highest BCUT2D eigenvalue weighted by molar-refractivity contribution is 5.93. The van der Waals surface area contributed by atoms with Gasteiger partial charge in [-0.15, -0.1) is 0 Å². The number of benzene rings is 1. The number of nitrogens with one attached hydrogen (secondary N) is 1. The van der Waals surface area contributed by atoms with E-state index in [-0.39, 0.29) is 5.91 Å². The summed E-state index contributed by atoms with van der Waals surface area (Å²) in [4.78, 5) is 18.5. The van der Waals surface area contributed by atoms with Gasteiger partial charge in [0.15, 0.2) is 0 Å². The molecule has 0 unspecified atom stereocenters. The molecule has 1 fully saturated rings. The number of hydrogen-bond acceptors (Lipinski definition) is 4. The highest BCUT2D eigenvalue weighted by Gasteiger charge is 2.20. The average Bonchev–Trinajstić information content (AvgIpc) is 2.75. The van der Waals surface area contributed by atoms with Crippen LogP contribution >= 0.6 is 0 Å². The number of aromatic nitrogens is 1. The Morgan fingerprint density at radius 2 is 2.04 bits per heavy atom. The molecule has 2 heterocycles. The minimum Gasteiger partial charge on any atom is -0.493 e. The molecule has 1 N–H and O–H groups in total. The van der Waals surface area contributed by atoms with Crippen LogP contribution in [0.3, 0.4) is 0 Å². The molecule has 0 spiro atoms. The van der Waals surface area contributed by atoms with Crippen molar-refractivity contribution in [2.45, 2.75) is 32.6 Å². The molecule has 150 valence electrons. The lowest BCUT2D eigenvalue weighted by Gasteiger charge is -2.32. The van der Waals surface area contributed by atoms with Crippen LogP contribution in [-0.2, 0) is 6.42 Å². The molecule has 28 heavy (non-hydrogen) atoms. The van der Waals surface area contributed by atoms with Crippen molar-refractivity contribution in [1.82, 2.24) is 15.2 Å². The first-order valence-electron chi connectivity index (χ1n) is 10.4. The van der Waals surface area contributed by atoms with E-state index in [9.17, 15) is 4.79 Å². The minimum absolute atomic E-state index is 0.0536. The number of hydrogen-bond donors (Lipinski definition) is 1. The fraction of sp³-hybridized carbons (Fsp3) is 0.478. The molecule has 0 saturated carbocycles. The third kappa shape index (κ3) is 6.06. The highest BCUT2D eigenvalue weighted by Crippen LogP contribution is 2.23. The molecule has 1 aromatic heterocycles. The Hall–Kier alpha value is -2.40. The molecule has 1 aliphatic heterocycles. The van der Waals surface area contributed by atoms with Crippen molar-refractivity contribution in [2.24, 2.45) is 5.92 Å². The molecular weight excluding hydrogens is 350 g/mol. The summed E-state index contributed by atoms with van der Waals surface area (Å²) in [6.07, 6.45) is 7.76. The van der Waals surface area contributed by atoms with Gasteiger partial charge in [-0.25, -0.2) is 0 Å². The lowest BCUT2D eigenvalue weighted by molar-refractivity contribution is 0.0940. The van der Waals surface area contributed by atoms with Crippen LogP contribution in [0.5, 0.6) is 5.75 Å². The number of nitrogens with zero attached hydrogens (tertiary/aromatic N) is 2. The van der Waals surface area contributed by atoms with E-state index in [2.05, 4.69) is 46.4 Å². The summed E-state index contributed by atoms with van der Waals surface area (Å²) in [5.74, 6) is 1.60. The molecular formula is C23H31N3O2. The van der Waals surface area contributed by atoms with Gasteiger partial charge in [0.2, 0.25) is 0 Å². The number of likely N-dealkylation sites (tertiary alicyclic amines) is 1. The SMILES string of the molecule is CCCc1ccccc1OCC1CCN(CCNC(=O)c2cccnc2)CC1. The standard InChI is InChI=1S/C23H31N3O2/c1-2-6-20-7-3-4-9-22(20)28-18-19-10-14-26(15-11-19)16-13-25-23(27)21-8-5-12-24-17-21/h3-5,7-9,12,17,19H,2,6,10-11,13-16,18H2,1H3,(H,25,27). The van der Waals surface area contributed by atoms with E-state index < -0.39 is 0 Å². The van der Waals surface area contributed by atoms with E-state index in [4.69, 9.17) is 4.74 Å². The Labute approximate surface area is 168 Å². The van der Waals surface area contributed by atoms with Crippen LogP contribution in [0.15, 0.2) is 48.8 Å². The van der Waals surface area contributed by atoms with Crippen molar-refractivity contribution in [2.75, 3.05) is 32.8 Å². The average molecular weight is 382 g/mol. The lowest BCUT2D eigenvalue weighted by Crippen LogP contribution is -2.40. The first-order chi connectivity index (χ1) is 13.8. The van der Waals surface area contributed by atoms with Crippen LogP contribution in [0.4, 0.5) is 0 Å². The number of carbonyl (C=O) groups excluding carboxylic acids is 1. The van der Waals surface area contributed by atoms with Crippen LogP contribution in [0.25, 0.3) is 0 Å². The van der Waals surface area contributed by atoms with Crippen LogP contribution in [0.1, 0.15) is 42.1 Å². The maximum absolute atomic E-state index is 12.0. The van der Waals surface area contributed by atoms with Crippen LogP contribution in [0.2, 0.25) is 0 Å². The number of rotatable bonds is 9. The summed E-state index contributed by atoms with van der Waals surface area (Å²) in [7, 11) is 0. The molecule has 1 saturated heterocycles. The normalized spacial score (nSPS) is 15.3. The second kappa shape index (κ2) is 10.8. The van der Waals surface area contributed by atoms with E-state index in [1.807, 2.05) is 0 Å². The Morgan fingerprint density at radius 1 is 1.21 bits per heavy atom. The molecule has 0 atom stereocenters. The summed E-state index contributed by atoms with van der Waals surface area (Å²) < 4.78 is 6.14. The molecule has 1 aliphatic rings. The number of carbonyl (C=O) groups is 1. The molecule has 3 rings (SSSR count). The number of aryl methyl sites for hydroxylation is 1. The molecule has 1 aromatic carbocycles. The molecule has 0 bridgehead atoms. The maximum atomic E-state index is 12.0. The van der Waals surface area contributed by atoms with Crippen LogP contribution < -0.4 is 10.1 Å². The predicted molar refractivity (Wildman–Crippen MR) is 112 cm³/mol. The minimum atomic E-state index is -0.0536. The van der Waals surface area contributed by atoms with E-state index in [0.717, 1.165) is 57.7 Å². The zero-order valence-corrected chi connectivity index (χ0v) is 16.8. The quantitative estimate of drug-likeness (QED) is 0.722. The largest absolute Gasteiger partial charge is 0.493 e. The van der Waals surface area contributed by atoms with Crippen molar-refractivity contribution < 1.29 is 9.53 Å². The number of ether oxygens (including phenoxy) is 1. The van der Waals surface area contributed by atoms with Crippen LogP contribution in [0, 0.1) is 5.92 Å². The van der Waals surface area contributed by atoms with Crippen molar-refractivity contribution in [3.05, 3.63) is 59.9 Å². The van der Waals surface area contributed by atoms with E-state index in [1.54, 1.807) is 24.5 Å². The second-order valence-electron chi connectivity index (χ2n) is 7.45. The summed E-state index contributed by atoms with van der Waals surface area (Å²) in [5, 5.41) is 2.98. The molecule has 2 aromatic rings. The number of amides is 1. The Morgan fingerprint density at radius 3 is 2.79 bits per heavy atom. The highest BCUT2D eigenvalue weighted by atomic mass is 16.5. The van der Waals surface area contributed by atoms with Gasteiger partial charge in [0.1, 0.15) is 5.75 Å². The molecule has 5 nitrogen and oxygen atoms in total. The van der Waals surface area contributed by atoms with Gasteiger partial charge in [0, 0.05) is 25.5 Å². The Balaban J connectivity index is 1.34. The predicted octanol–water partition coefficient (Wildman–Crippen LogP) is 3.55. The summed E-state index contributed by atoms with van der Waals surface area (Å²) in [6, 6.07) is 12.0. The van der Waals surface area contributed by atoms with E-state index in [1.165, 1.54) is 5.56 Å². The number of pyridine rings is 1. The van der Waals surface area contributed by atoms with Crippen molar-refractivity contribution in [1.29, 1.82) is 0 Å². The fourth-order valence-electron chi connectivity index (χ4n) is 3.63. The van der Waals surface area contributed by atoms with Gasteiger partial charge in [0.25, 0.3) is 5.91 Å². The number of piperidine rings is 1. The van der Waals surface area contributed by atoms with Gasteiger partial charge in [-0.3, -0.25) is 9.78 Å². The molecule has 5 heteroatoms. The fourth-order valence-corrected chi connectivity index (χ4v) is 3.63. The van der Waals surface area contributed by atoms with Gasteiger partial charge in [-0.05, 0) is 62.0 Å². The molecule has 0 aliphatic carbocycles. The summed E-state index contributed by atoms with van der Waals surface area (Å²) >= 11 is 0. The first-order valence-corrected chi connectivity index (χ1v) is 10.4. The van der Waals surface area contributed by atoms with Gasteiger partial charge in [0.05, 0.1) is 12.2 Å². The zero-order chi connectivity index (χ0) is 19.6. The summed E-state index contributed by atoms with van der Waals surface area (Å²) in [6.45, 7) is 6.68. The third-order valence-corrected chi connectivity index (χ3v) is 5.31. The lowest BCUT2D eigenvalue weighted by atomic mass is 9.98. The molecule has 1 amide bonds.